The molecule has 1 aromatic rings. The third-order valence-corrected chi connectivity index (χ3v) is 3.46. The number of aromatic nitrogens is 1. The molecular formula is C13H19BrN2O3. The average molecular weight is 331 g/mol. The Morgan fingerprint density at radius 1 is 1.47 bits per heavy atom. The summed E-state index contributed by atoms with van der Waals surface area (Å²) in [6.07, 6.45) is 2.66. The summed E-state index contributed by atoms with van der Waals surface area (Å²) >= 11 is 3.34. The van der Waals surface area contributed by atoms with Gasteiger partial charge in [0.05, 0.1) is 0 Å². The minimum atomic E-state index is -0.833. The van der Waals surface area contributed by atoms with Crippen molar-refractivity contribution < 1.29 is 14.7 Å². The lowest BCUT2D eigenvalue weighted by molar-refractivity contribution is -0.138. The summed E-state index contributed by atoms with van der Waals surface area (Å²) in [4.78, 5) is 22.7. The van der Waals surface area contributed by atoms with Gasteiger partial charge in [0.2, 0.25) is 0 Å². The summed E-state index contributed by atoms with van der Waals surface area (Å²) in [5.41, 5.74) is 0.583. The van der Waals surface area contributed by atoms with Crippen molar-refractivity contribution >= 4 is 27.8 Å². The zero-order valence-corrected chi connectivity index (χ0v) is 12.7. The fraction of sp³-hybridized carbons (Fsp3) is 0.538. The first-order chi connectivity index (χ1) is 8.97. The van der Waals surface area contributed by atoms with E-state index in [0.717, 1.165) is 10.9 Å². The van der Waals surface area contributed by atoms with Crippen LogP contribution in [-0.4, -0.2) is 28.1 Å². The van der Waals surface area contributed by atoms with Gasteiger partial charge in [0.1, 0.15) is 5.69 Å². The standard InChI is InChI=1S/C13H19BrN2O3/c1-3-9(5-12(17)18)7-15-13(19)11-6-10(14)8-16(11)4-2/h6,8-9H,3-5,7H2,1-2H3,(H,15,19)(H,17,18). The van der Waals surface area contributed by atoms with Crippen molar-refractivity contribution in [3.8, 4) is 0 Å². The lowest BCUT2D eigenvalue weighted by atomic mass is 10.0. The fourth-order valence-corrected chi connectivity index (χ4v) is 2.33. The van der Waals surface area contributed by atoms with E-state index in [4.69, 9.17) is 5.11 Å². The molecule has 0 fully saturated rings. The summed E-state index contributed by atoms with van der Waals surface area (Å²) < 4.78 is 2.70. The Hall–Kier alpha value is -1.30. The molecule has 0 saturated heterocycles. The Kier molecular flexibility index (Phi) is 6.08. The molecule has 0 radical (unpaired) electrons. The molecule has 0 saturated carbocycles. The van der Waals surface area contributed by atoms with Crippen LogP contribution in [0.15, 0.2) is 16.7 Å². The molecule has 0 spiro atoms. The number of carboxylic acid groups (broad SMARTS) is 1. The van der Waals surface area contributed by atoms with E-state index in [9.17, 15) is 9.59 Å². The molecule has 1 heterocycles. The molecule has 1 aromatic heterocycles. The Bertz CT molecular complexity index is 457. The molecule has 2 N–H and O–H groups in total. The Balaban J connectivity index is 2.61. The number of carboxylic acids is 1. The molecule has 0 aromatic carbocycles. The number of rotatable bonds is 7. The highest BCUT2D eigenvalue weighted by molar-refractivity contribution is 9.10. The number of amides is 1. The van der Waals surface area contributed by atoms with E-state index in [1.807, 2.05) is 24.6 Å². The molecule has 0 aliphatic rings. The number of nitrogens with one attached hydrogen (secondary N) is 1. The van der Waals surface area contributed by atoms with Crippen LogP contribution in [0.3, 0.4) is 0 Å². The second-order valence-electron chi connectivity index (χ2n) is 4.41. The van der Waals surface area contributed by atoms with E-state index >= 15 is 0 Å². The van der Waals surface area contributed by atoms with Crippen molar-refractivity contribution in [1.29, 1.82) is 0 Å². The maximum Gasteiger partial charge on any atom is 0.303 e. The van der Waals surface area contributed by atoms with E-state index in [1.165, 1.54) is 0 Å². The van der Waals surface area contributed by atoms with E-state index in [2.05, 4.69) is 21.2 Å². The van der Waals surface area contributed by atoms with Gasteiger partial charge in [-0.3, -0.25) is 9.59 Å². The number of hydrogen-bond acceptors (Lipinski definition) is 2. The first-order valence-corrected chi connectivity index (χ1v) is 7.12. The molecule has 1 atom stereocenters. The lowest BCUT2D eigenvalue weighted by Gasteiger charge is -2.14. The van der Waals surface area contributed by atoms with Crippen LogP contribution < -0.4 is 5.32 Å². The third-order valence-electron chi connectivity index (χ3n) is 3.03. The molecule has 0 aliphatic carbocycles. The monoisotopic (exact) mass is 330 g/mol. The van der Waals surface area contributed by atoms with Crippen molar-refractivity contribution in [2.75, 3.05) is 6.54 Å². The van der Waals surface area contributed by atoms with E-state index in [-0.39, 0.29) is 18.2 Å². The van der Waals surface area contributed by atoms with Crippen molar-refractivity contribution in [2.24, 2.45) is 5.92 Å². The van der Waals surface area contributed by atoms with Crippen LogP contribution in [0.4, 0.5) is 0 Å². The second kappa shape index (κ2) is 7.33. The van der Waals surface area contributed by atoms with E-state index < -0.39 is 5.97 Å². The highest BCUT2D eigenvalue weighted by Gasteiger charge is 2.15. The van der Waals surface area contributed by atoms with Crippen molar-refractivity contribution in [1.82, 2.24) is 9.88 Å². The zero-order valence-electron chi connectivity index (χ0n) is 11.1. The topological polar surface area (TPSA) is 71.3 Å². The number of carbonyl (C=O) groups is 2. The Labute approximate surface area is 121 Å². The number of halogens is 1. The van der Waals surface area contributed by atoms with E-state index in [1.54, 1.807) is 6.07 Å². The summed E-state index contributed by atoms with van der Waals surface area (Å²) in [6, 6.07) is 1.76. The van der Waals surface area contributed by atoms with Crippen molar-refractivity contribution in [2.45, 2.75) is 33.2 Å². The summed E-state index contributed by atoms with van der Waals surface area (Å²) in [6.45, 7) is 4.97. The largest absolute Gasteiger partial charge is 0.481 e. The predicted molar refractivity (Wildman–Crippen MR) is 76.2 cm³/mol. The van der Waals surface area contributed by atoms with Crippen molar-refractivity contribution in [3.05, 3.63) is 22.4 Å². The molecule has 1 rings (SSSR count). The fourth-order valence-electron chi connectivity index (χ4n) is 1.86. The molecule has 5 nitrogen and oxygen atoms in total. The van der Waals surface area contributed by atoms with Crippen LogP contribution in [0.1, 0.15) is 37.2 Å². The van der Waals surface area contributed by atoms with Gasteiger partial charge in [-0.05, 0) is 34.8 Å². The Morgan fingerprint density at radius 3 is 2.68 bits per heavy atom. The zero-order chi connectivity index (χ0) is 14.4. The van der Waals surface area contributed by atoms with Crippen LogP contribution in [0, 0.1) is 5.92 Å². The van der Waals surface area contributed by atoms with Gasteiger partial charge in [-0.25, -0.2) is 0 Å². The third kappa shape index (κ3) is 4.70. The van der Waals surface area contributed by atoms with Gasteiger partial charge in [0, 0.05) is 30.2 Å². The second-order valence-corrected chi connectivity index (χ2v) is 5.33. The normalized spacial score (nSPS) is 12.2. The number of nitrogens with zero attached hydrogens (tertiary/aromatic N) is 1. The average Bonchev–Trinajstić information content (AvgIpc) is 2.74. The van der Waals surface area contributed by atoms with Gasteiger partial charge < -0.3 is 15.0 Å². The van der Waals surface area contributed by atoms with Gasteiger partial charge >= 0.3 is 5.97 Å². The quantitative estimate of drug-likeness (QED) is 0.806. The number of aryl methyl sites for hydroxylation is 1. The van der Waals surface area contributed by atoms with Crippen LogP contribution in [0.2, 0.25) is 0 Å². The van der Waals surface area contributed by atoms with Crippen molar-refractivity contribution in [3.63, 3.8) is 0 Å². The maximum atomic E-state index is 12.0. The first kappa shape index (κ1) is 15.8. The summed E-state index contributed by atoms with van der Waals surface area (Å²) in [5, 5.41) is 11.6. The smallest absolute Gasteiger partial charge is 0.303 e. The number of carbonyl (C=O) groups excluding carboxylic acids is 1. The van der Waals surface area contributed by atoms with Gasteiger partial charge in [-0.2, -0.15) is 0 Å². The highest BCUT2D eigenvalue weighted by atomic mass is 79.9. The minimum Gasteiger partial charge on any atom is -0.481 e. The van der Waals surface area contributed by atoms with Crippen LogP contribution in [0.5, 0.6) is 0 Å². The van der Waals surface area contributed by atoms with E-state index in [0.29, 0.717) is 18.8 Å². The van der Waals surface area contributed by atoms with Gasteiger partial charge in [0.25, 0.3) is 5.91 Å². The Morgan fingerprint density at radius 2 is 2.16 bits per heavy atom. The SMILES string of the molecule is CCC(CNC(=O)c1cc(Br)cn1CC)CC(=O)O. The summed E-state index contributed by atoms with van der Waals surface area (Å²) in [5.74, 6) is -1.04. The first-order valence-electron chi connectivity index (χ1n) is 6.33. The molecule has 0 bridgehead atoms. The number of hydrogen-bond donors (Lipinski definition) is 2. The van der Waals surface area contributed by atoms with Gasteiger partial charge in [-0.15, -0.1) is 0 Å². The molecule has 1 unspecified atom stereocenters. The molecular weight excluding hydrogens is 312 g/mol. The molecule has 6 heteroatoms. The minimum absolute atomic E-state index is 0.0325. The highest BCUT2D eigenvalue weighted by Crippen LogP contribution is 2.15. The van der Waals surface area contributed by atoms with Gasteiger partial charge in [-0.1, -0.05) is 13.3 Å². The van der Waals surface area contributed by atoms with Crippen LogP contribution in [0.25, 0.3) is 0 Å². The maximum absolute atomic E-state index is 12.0. The summed E-state index contributed by atoms with van der Waals surface area (Å²) in [7, 11) is 0. The van der Waals surface area contributed by atoms with Gasteiger partial charge in [0.15, 0.2) is 0 Å². The lowest BCUT2D eigenvalue weighted by Crippen LogP contribution is -2.31. The molecule has 106 valence electrons. The van der Waals surface area contributed by atoms with Crippen LogP contribution >= 0.6 is 15.9 Å². The molecule has 1 amide bonds. The number of aliphatic carboxylic acids is 1. The molecule has 19 heavy (non-hydrogen) atoms. The predicted octanol–water partition coefficient (Wildman–Crippen LogP) is 2.50. The molecule has 0 aliphatic heterocycles. The van der Waals surface area contributed by atoms with Crippen LogP contribution in [-0.2, 0) is 11.3 Å².